The summed E-state index contributed by atoms with van der Waals surface area (Å²) in [5, 5.41) is 12.8. The van der Waals surface area contributed by atoms with E-state index in [0.717, 1.165) is 25.8 Å². The van der Waals surface area contributed by atoms with Gasteiger partial charge in [-0.05, 0) is 43.4 Å². The molecular formula is C24H36N8O2. The zero-order chi connectivity index (χ0) is 23.5. The van der Waals surface area contributed by atoms with Gasteiger partial charge in [-0.1, -0.05) is 6.42 Å². The molecule has 3 fully saturated rings. The molecule has 4 N–H and O–H groups in total. The molecule has 2 bridgehead atoms. The van der Waals surface area contributed by atoms with Crippen molar-refractivity contribution in [1.82, 2.24) is 30.7 Å². The Kier molecular flexibility index (Phi) is 7.10. The summed E-state index contributed by atoms with van der Waals surface area (Å²) in [5.74, 6) is 1.93. The number of methoxy groups -OCH3 is 1. The van der Waals surface area contributed by atoms with Crippen LogP contribution in [-0.2, 0) is 6.54 Å². The van der Waals surface area contributed by atoms with Crippen LogP contribution in [0.25, 0.3) is 0 Å². The van der Waals surface area contributed by atoms with Crippen molar-refractivity contribution in [2.24, 2.45) is 0 Å². The number of nitrogens with one attached hydrogen (secondary N) is 3. The number of fused-ring (bicyclic) bond motifs is 2. The molecular weight excluding hydrogens is 432 g/mol. The zero-order valence-corrected chi connectivity index (χ0v) is 20.0. The first-order valence-corrected chi connectivity index (χ1v) is 12.3. The van der Waals surface area contributed by atoms with Crippen molar-refractivity contribution in [2.75, 3.05) is 31.0 Å². The van der Waals surface area contributed by atoms with Crippen LogP contribution >= 0.6 is 0 Å². The Morgan fingerprint density at radius 2 is 1.91 bits per heavy atom. The summed E-state index contributed by atoms with van der Waals surface area (Å²) in [6.07, 6.45) is 10.5. The molecule has 0 amide bonds. The number of pyridine rings is 1. The van der Waals surface area contributed by atoms with Crippen LogP contribution in [0.2, 0.25) is 0 Å². The molecule has 10 heteroatoms. The Labute approximate surface area is 201 Å². The summed E-state index contributed by atoms with van der Waals surface area (Å²) in [4.78, 5) is 18.6. The lowest BCUT2D eigenvalue weighted by atomic mass is 9.81. The molecule has 0 aromatic carbocycles. The zero-order valence-electron chi connectivity index (χ0n) is 20.0. The van der Waals surface area contributed by atoms with Crippen molar-refractivity contribution in [1.29, 1.82) is 0 Å². The summed E-state index contributed by atoms with van der Waals surface area (Å²) in [6.45, 7) is 1.09. The van der Waals surface area contributed by atoms with Crippen LogP contribution in [0.3, 0.4) is 0 Å². The third-order valence-corrected chi connectivity index (χ3v) is 7.50. The van der Waals surface area contributed by atoms with Crippen LogP contribution < -0.4 is 25.8 Å². The van der Waals surface area contributed by atoms with E-state index in [1.54, 1.807) is 7.11 Å². The third-order valence-electron chi connectivity index (χ3n) is 7.50. The highest BCUT2D eigenvalue weighted by atomic mass is 16.5. The number of nitrogens with zero attached hydrogens (tertiary/aromatic N) is 5. The molecule has 2 aromatic heterocycles. The summed E-state index contributed by atoms with van der Waals surface area (Å²) in [7, 11) is 3.74. The van der Waals surface area contributed by atoms with E-state index in [1.165, 1.54) is 24.8 Å². The monoisotopic (exact) mass is 468 g/mol. The summed E-state index contributed by atoms with van der Waals surface area (Å²) in [5.41, 5.74) is 7.58. The average Bonchev–Trinajstić information content (AvgIpc) is 3.31. The Hall–Kier alpha value is -2.53. The highest BCUT2D eigenvalue weighted by Gasteiger charge is 2.40. The Morgan fingerprint density at radius 3 is 2.59 bits per heavy atom. The van der Waals surface area contributed by atoms with E-state index in [1.807, 2.05) is 18.5 Å². The van der Waals surface area contributed by atoms with Crippen molar-refractivity contribution < 1.29 is 9.84 Å². The first kappa shape index (κ1) is 23.2. The maximum absolute atomic E-state index is 9.37. The van der Waals surface area contributed by atoms with Gasteiger partial charge in [0, 0.05) is 62.6 Å². The normalized spacial score (nSPS) is 29.1. The minimum absolute atomic E-state index is 0.0225. The van der Waals surface area contributed by atoms with Crippen LogP contribution in [-0.4, -0.2) is 76.1 Å². The quantitative estimate of drug-likeness (QED) is 0.455. The summed E-state index contributed by atoms with van der Waals surface area (Å²) in [6, 6.07) is 7.63. The van der Waals surface area contributed by atoms with Gasteiger partial charge in [0.25, 0.3) is 0 Å². The smallest absolute Gasteiger partial charge is 0.230 e. The fraction of sp³-hybridized carbons (Fsp3) is 0.625. The largest absolute Gasteiger partial charge is 0.481 e. The molecule has 5 heterocycles. The second-order valence-corrected chi connectivity index (χ2v) is 9.70. The first-order chi connectivity index (χ1) is 16.6. The van der Waals surface area contributed by atoms with E-state index < -0.39 is 0 Å². The number of ether oxygens (including phenoxy) is 1. The minimum atomic E-state index is -0.0225. The Bertz CT molecular complexity index is 934. The highest BCUT2D eigenvalue weighted by Crippen LogP contribution is 2.37. The van der Waals surface area contributed by atoms with Crippen LogP contribution in [0.15, 0.2) is 30.6 Å². The molecule has 34 heavy (non-hydrogen) atoms. The summed E-state index contributed by atoms with van der Waals surface area (Å²) < 4.78 is 5.49. The molecule has 0 aliphatic carbocycles. The van der Waals surface area contributed by atoms with Crippen molar-refractivity contribution >= 4 is 11.8 Å². The van der Waals surface area contributed by atoms with Gasteiger partial charge in [0.05, 0.1) is 19.9 Å². The fourth-order valence-corrected chi connectivity index (χ4v) is 5.65. The Morgan fingerprint density at radius 1 is 1.15 bits per heavy atom. The molecule has 0 radical (unpaired) electrons. The van der Waals surface area contributed by atoms with Crippen molar-refractivity contribution in [3.05, 3.63) is 36.2 Å². The molecule has 3 aliphatic heterocycles. The number of hydrogen-bond acceptors (Lipinski definition) is 10. The van der Waals surface area contributed by atoms with E-state index in [2.05, 4.69) is 55.1 Å². The lowest BCUT2D eigenvalue weighted by Crippen LogP contribution is -2.56. The van der Waals surface area contributed by atoms with Gasteiger partial charge in [0.2, 0.25) is 11.8 Å². The summed E-state index contributed by atoms with van der Waals surface area (Å²) >= 11 is 0. The molecule has 3 saturated heterocycles. The van der Waals surface area contributed by atoms with Gasteiger partial charge in [0.1, 0.15) is 5.82 Å². The molecule has 0 spiro atoms. The van der Waals surface area contributed by atoms with Gasteiger partial charge in [0.15, 0.2) is 0 Å². The van der Waals surface area contributed by atoms with E-state index in [4.69, 9.17) is 9.72 Å². The minimum Gasteiger partial charge on any atom is -0.481 e. The van der Waals surface area contributed by atoms with Crippen molar-refractivity contribution in [2.45, 2.75) is 75.4 Å². The van der Waals surface area contributed by atoms with E-state index in [0.29, 0.717) is 35.8 Å². The molecule has 5 rings (SSSR count). The van der Waals surface area contributed by atoms with Gasteiger partial charge < -0.3 is 20.1 Å². The topological polar surface area (TPSA) is 111 Å². The van der Waals surface area contributed by atoms with E-state index >= 15 is 0 Å². The van der Waals surface area contributed by atoms with Gasteiger partial charge in [-0.2, -0.15) is 9.97 Å². The van der Waals surface area contributed by atoms with E-state index in [-0.39, 0.29) is 18.8 Å². The number of piperidine rings is 2. The number of aliphatic hydroxyl groups excluding tert-OH is 1. The third kappa shape index (κ3) is 5.10. The van der Waals surface area contributed by atoms with Gasteiger partial charge in [-0.25, -0.2) is 5.43 Å². The standard InChI is InChI=1S/C24H36N8O2/c1-31(24-27-21(13-23(28-24)34-2)26-22-10-17(15-33)29-30-22)20-11-18-4-3-5-19(12-20)32(18)14-16-6-8-25-9-7-16/h6-9,13,17-20,22,29-30,33H,3-5,10-12,14-15H2,1-2H3,(H,26,27,28)/t17?,18-,19+,20?,22?. The van der Waals surface area contributed by atoms with Crippen LogP contribution in [0.1, 0.15) is 44.1 Å². The maximum Gasteiger partial charge on any atom is 0.230 e. The van der Waals surface area contributed by atoms with Crippen LogP contribution in [0, 0.1) is 0 Å². The molecule has 5 atom stereocenters. The molecule has 2 aromatic rings. The van der Waals surface area contributed by atoms with Gasteiger partial charge in [-0.15, -0.1) is 0 Å². The predicted octanol–water partition coefficient (Wildman–Crippen LogP) is 1.50. The lowest BCUT2D eigenvalue weighted by Gasteiger charge is -2.50. The number of hydrogen-bond donors (Lipinski definition) is 4. The number of rotatable bonds is 8. The number of anilines is 2. The Balaban J connectivity index is 1.29. The second kappa shape index (κ2) is 10.4. The van der Waals surface area contributed by atoms with Crippen molar-refractivity contribution in [3.8, 4) is 5.88 Å². The molecule has 3 unspecified atom stereocenters. The van der Waals surface area contributed by atoms with Gasteiger partial charge >= 0.3 is 0 Å². The number of aromatic nitrogens is 3. The number of hydrazine groups is 1. The van der Waals surface area contributed by atoms with Crippen LogP contribution in [0.4, 0.5) is 11.8 Å². The maximum atomic E-state index is 9.37. The van der Waals surface area contributed by atoms with E-state index in [9.17, 15) is 5.11 Å². The molecule has 184 valence electrons. The van der Waals surface area contributed by atoms with Gasteiger partial charge in [-0.3, -0.25) is 15.3 Å². The highest BCUT2D eigenvalue weighted by molar-refractivity contribution is 5.47. The molecule has 0 saturated carbocycles. The van der Waals surface area contributed by atoms with Crippen molar-refractivity contribution in [3.63, 3.8) is 0 Å². The number of aliphatic hydroxyl groups is 1. The first-order valence-electron chi connectivity index (χ1n) is 12.3. The molecule has 3 aliphatic rings. The lowest BCUT2D eigenvalue weighted by molar-refractivity contribution is 0.0234. The predicted molar refractivity (Wildman–Crippen MR) is 130 cm³/mol. The molecule has 10 nitrogen and oxygen atoms in total. The SMILES string of the molecule is COc1cc(NC2CC(CO)NN2)nc(N(C)C2C[C@H]3CCC[C@@H](C2)N3Cc2ccncc2)n1. The fourth-order valence-electron chi connectivity index (χ4n) is 5.65. The second-order valence-electron chi connectivity index (χ2n) is 9.70. The average molecular weight is 469 g/mol. The van der Waals surface area contributed by atoms with Crippen LogP contribution in [0.5, 0.6) is 5.88 Å².